The van der Waals surface area contributed by atoms with Gasteiger partial charge in [0.15, 0.2) is 18.2 Å². The molecule has 6 heteroatoms. The first-order valence-electron chi connectivity index (χ1n) is 7.55. The number of rotatable bonds is 4. The number of piperazine rings is 1. The van der Waals surface area contributed by atoms with Gasteiger partial charge in [-0.1, -0.05) is 46.3 Å². The summed E-state index contributed by atoms with van der Waals surface area (Å²) in [7, 11) is 0. The van der Waals surface area contributed by atoms with Crippen LogP contribution in [-0.4, -0.2) is 23.4 Å². The number of alkyl halides is 1. The van der Waals surface area contributed by atoms with Crippen molar-refractivity contribution in [3.8, 4) is 0 Å². The van der Waals surface area contributed by atoms with Crippen LogP contribution in [-0.2, 0) is 0 Å². The minimum absolute atomic E-state index is 0.0152. The molecular weight excluding hydrogens is 356 g/mol. The van der Waals surface area contributed by atoms with Gasteiger partial charge in [-0.3, -0.25) is 10.1 Å². The summed E-state index contributed by atoms with van der Waals surface area (Å²) >= 11 is 3.65. The summed E-state index contributed by atoms with van der Waals surface area (Å²) in [4.78, 5) is 11.4. The predicted octanol–water partition coefficient (Wildman–Crippen LogP) is 2.29. The number of hydrogen-bond acceptors (Lipinski definition) is 3. The Hall–Kier alpha value is -1.76. The molecule has 0 spiro atoms. The Balaban J connectivity index is 1.62. The summed E-state index contributed by atoms with van der Waals surface area (Å²) in [6.07, 6.45) is 3.76. The fourth-order valence-corrected chi connectivity index (χ4v) is 3.17. The van der Waals surface area contributed by atoms with E-state index in [9.17, 15) is 4.79 Å². The number of halogens is 1. The second-order valence-corrected chi connectivity index (χ2v) is 6.51. The molecule has 1 aromatic carbocycles. The molecule has 2 heterocycles. The van der Waals surface area contributed by atoms with Crippen molar-refractivity contribution in [1.82, 2.24) is 10.6 Å². The average Bonchev–Trinajstić information content (AvgIpc) is 2.58. The van der Waals surface area contributed by atoms with Gasteiger partial charge in [0, 0.05) is 36.4 Å². The smallest absolute Gasteiger partial charge is 0.164 e. The molecule has 1 aliphatic rings. The summed E-state index contributed by atoms with van der Waals surface area (Å²) in [5.74, 6) is 0.0865. The fourth-order valence-electron chi connectivity index (χ4n) is 2.56. The summed E-state index contributed by atoms with van der Waals surface area (Å²) in [5, 5.41) is 6.95. The first-order valence-corrected chi connectivity index (χ1v) is 8.47. The molecule has 0 radical (unpaired) electrons. The van der Waals surface area contributed by atoms with E-state index >= 15 is 0 Å². The molecule has 3 atom stereocenters. The Kier molecular flexibility index (Phi) is 5.05. The Bertz CT molecular complexity index is 662. The maximum Gasteiger partial charge on any atom is 0.164 e. The van der Waals surface area contributed by atoms with Crippen LogP contribution in [0.15, 0.2) is 54.9 Å². The van der Waals surface area contributed by atoms with E-state index in [1.165, 1.54) is 0 Å². The van der Waals surface area contributed by atoms with Crippen molar-refractivity contribution in [1.29, 1.82) is 0 Å². The van der Waals surface area contributed by atoms with Crippen LogP contribution < -0.4 is 15.3 Å². The molecule has 0 saturated carbocycles. The van der Waals surface area contributed by atoms with Crippen molar-refractivity contribution in [2.45, 2.75) is 24.1 Å². The van der Waals surface area contributed by atoms with E-state index < -0.39 is 0 Å². The van der Waals surface area contributed by atoms with Gasteiger partial charge >= 0.3 is 0 Å². The molecule has 1 fully saturated rings. The topological polar surface area (TPSA) is 59.1 Å². The van der Waals surface area contributed by atoms with Gasteiger partial charge < -0.3 is 10.7 Å². The highest BCUT2D eigenvalue weighted by molar-refractivity contribution is 9.09. The van der Waals surface area contributed by atoms with Crippen molar-refractivity contribution in [3.63, 3.8) is 0 Å². The maximum absolute atomic E-state index is 11.4. The highest BCUT2D eigenvalue weighted by Gasteiger charge is 2.25. The van der Waals surface area contributed by atoms with Gasteiger partial charge in [-0.2, -0.15) is 0 Å². The molecule has 1 aliphatic heterocycles. The molecule has 5 nitrogen and oxygen atoms in total. The fraction of sp³-hybridized carbons (Fsp3) is 0.294. The van der Waals surface area contributed by atoms with Gasteiger partial charge in [0.2, 0.25) is 0 Å². The van der Waals surface area contributed by atoms with E-state index in [2.05, 4.69) is 32.0 Å². The average molecular weight is 375 g/mol. The third-order valence-corrected chi connectivity index (χ3v) is 4.61. The van der Waals surface area contributed by atoms with Gasteiger partial charge in [-0.05, 0) is 12.5 Å². The van der Waals surface area contributed by atoms with Crippen LogP contribution in [0.3, 0.4) is 0 Å². The molecule has 0 amide bonds. The first kappa shape index (κ1) is 16.1. The van der Waals surface area contributed by atoms with Crippen LogP contribution >= 0.6 is 15.9 Å². The number of ketones is 1. The van der Waals surface area contributed by atoms with Crippen LogP contribution in [0.2, 0.25) is 0 Å². The Labute approximate surface area is 144 Å². The molecule has 1 saturated heterocycles. The van der Waals surface area contributed by atoms with Gasteiger partial charge in [0.25, 0.3) is 0 Å². The first-order chi connectivity index (χ1) is 11.1. The largest absolute Gasteiger partial charge is 0.414 e. The van der Waals surface area contributed by atoms with E-state index in [-0.39, 0.29) is 22.9 Å². The van der Waals surface area contributed by atoms with Crippen molar-refractivity contribution < 1.29 is 9.47 Å². The normalized spacial score (nSPS) is 24.2. The number of nitrogens with one attached hydrogen (secondary N) is 2. The molecule has 23 heavy (non-hydrogen) atoms. The van der Waals surface area contributed by atoms with Crippen LogP contribution in [0.5, 0.6) is 0 Å². The highest BCUT2D eigenvalue weighted by atomic mass is 79.9. The molecule has 0 bridgehead atoms. The second-order valence-electron chi connectivity index (χ2n) is 5.52. The third kappa shape index (κ3) is 3.96. The SMILES string of the molecule is CC(=O)c1ccc(C2CNC([N-][n+]3ccccc3)C(Br)N2)cc1. The lowest BCUT2D eigenvalue weighted by atomic mass is 10.0. The number of carbonyl (C=O) groups excluding carboxylic acids is 1. The van der Waals surface area contributed by atoms with Gasteiger partial charge in [-0.15, -0.1) is 0 Å². The lowest BCUT2D eigenvalue weighted by Crippen LogP contribution is -2.57. The molecule has 3 rings (SSSR count). The molecule has 0 aliphatic carbocycles. The minimum Gasteiger partial charge on any atom is -0.414 e. The molecule has 2 N–H and O–H groups in total. The minimum atomic E-state index is -0.0601. The van der Waals surface area contributed by atoms with Gasteiger partial charge in [0.05, 0.1) is 4.95 Å². The second kappa shape index (κ2) is 7.21. The zero-order valence-electron chi connectivity index (χ0n) is 12.8. The Morgan fingerprint density at radius 3 is 2.52 bits per heavy atom. The number of benzene rings is 1. The zero-order valence-corrected chi connectivity index (χ0v) is 14.4. The standard InChI is InChI=1S/C17H19BrN4O/c1-12(23)13-5-7-14(8-6-13)15-11-19-17(16(18)20-15)21-22-9-3-2-4-10-22/h2-10,15-17,19-20H,11H2,1H3. The van der Waals surface area contributed by atoms with E-state index in [0.29, 0.717) is 0 Å². The highest BCUT2D eigenvalue weighted by Crippen LogP contribution is 2.22. The van der Waals surface area contributed by atoms with Crippen LogP contribution in [0.1, 0.15) is 28.9 Å². The number of Topliss-reactive ketones (excluding diaryl/α,β-unsaturated/α-hetero) is 1. The number of pyridine rings is 1. The maximum atomic E-state index is 11.4. The van der Waals surface area contributed by atoms with Gasteiger partial charge in [0.1, 0.15) is 0 Å². The number of carbonyl (C=O) groups is 1. The van der Waals surface area contributed by atoms with Crippen molar-refractivity contribution in [3.05, 3.63) is 71.4 Å². The zero-order chi connectivity index (χ0) is 16.2. The van der Waals surface area contributed by atoms with Crippen LogP contribution in [0.25, 0.3) is 5.43 Å². The summed E-state index contributed by atoms with van der Waals surface area (Å²) in [6, 6.07) is 13.8. The van der Waals surface area contributed by atoms with Crippen molar-refractivity contribution >= 4 is 21.7 Å². The van der Waals surface area contributed by atoms with Crippen LogP contribution in [0, 0.1) is 0 Å². The van der Waals surface area contributed by atoms with Crippen LogP contribution in [0.4, 0.5) is 0 Å². The number of nitrogens with zero attached hydrogens (tertiary/aromatic N) is 2. The lowest BCUT2D eigenvalue weighted by molar-refractivity contribution is -0.628. The lowest BCUT2D eigenvalue weighted by Gasteiger charge is -2.40. The predicted molar refractivity (Wildman–Crippen MR) is 92.2 cm³/mol. The van der Waals surface area contributed by atoms with Gasteiger partial charge in [-0.25, -0.2) is 4.68 Å². The third-order valence-electron chi connectivity index (χ3n) is 3.85. The van der Waals surface area contributed by atoms with Crippen molar-refractivity contribution in [2.24, 2.45) is 0 Å². The molecule has 3 unspecified atom stereocenters. The molecular formula is C17H19BrN4O. The van der Waals surface area contributed by atoms with E-state index in [1.54, 1.807) is 11.6 Å². The quantitative estimate of drug-likeness (QED) is 0.373. The summed E-state index contributed by atoms with van der Waals surface area (Å²) in [5.41, 5.74) is 6.50. The molecule has 2 aromatic rings. The summed E-state index contributed by atoms with van der Waals surface area (Å²) < 4.78 is 1.80. The number of hydrogen-bond donors (Lipinski definition) is 2. The van der Waals surface area contributed by atoms with E-state index in [1.807, 2.05) is 54.9 Å². The molecule has 1 aromatic heterocycles. The Morgan fingerprint density at radius 2 is 1.91 bits per heavy atom. The van der Waals surface area contributed by atoms with E-state index in [0.717, 1.165) is 17.7 Å². The monoisotopic (exact) mass is 374 g/mol. The van der Waals surface area contributed by atoms with E-state index in [4.69, 9.17) is 0 Å². The molecule has 120 valence electrons. The summed E-state index contributed by atoms with van der Waals surface area (Å²) in [6.45, 7) is 2.35. The van der Waals surface area contributed by atoms with Crippen molar-refractivity contribution in [2.75, 3.05) is 6.54 Å². The Morgan fingerprint density at radius 1 is 1.22 bits per heavy atom. The number of aromatic nitrogens is 1.